The summed E-state index contributed by atoms with van der Waals surface area (Å²) in [6, 6.07) is 5.70. The van der Waals surface area contributed by atoms with E-state index < -0.39 is 17.8 Å². The third-order valence-corrected chi connectivity index (χ3v) is 3.14. The number of nitrogens with one attached hydrogen (secondary N) is 2. The third-order valence-electron chi connectivity index (χ3n) is 3.14. The molecular formula is C14H12FN5O2. The van der Waals surface area contributed by atoms with Gasteiger partial charge >= 0.3 is 0 Å². The highest BCUT2D eigenvalue weighted by atomic mass is 19.1. The molecule has 3 aromatic rings. The van der Waals surface area contributed by atoms with Crippen LogP contribution in [0.25, 0.3) is 11.3 Å². The average Bonchev–Trinajstić information content (AvgIpc) is 3.19. The zero-order chi connectivity index (χ0) is 15.5. The first-order valence-electron chi connectivity index (χ1n) is 6.52. The van der Waals surface area contributed by atoms with Gasteiger partial charge in [0.15, 0.2) is 5.82 Å². The van der Waals surface area contributed by atoms with Crippen LogP contribution in [0.15, 0.2) is 41.4 Å². The van der Waals surface area contributed by atoms with Crippen LogP contribution < -0.4 is 5.32 Å². The molecule has 0 spiro atoms. The zero-order valence-electron chi connectivity index (χ0n) is 11.6. The molecule has 2 heterocycles. The maximum atomic E-state index is 13.9. The van der Waals surface area contributed by atoms with Crippen molar-refractivity contribution in [3.63, 3.8) is 0 Å². The Morgan fingerprint density at radius 2 is 2.23 bits per heavy atom. The Hall–Kier alpha value is -3.03. The number of carbonyl (C=O) groups is 1. The molecule has 2 aromatic heterocycles. The molecule has 1 unspecified atom stereocenters. The van der Waals surface area contributed by atoms with Gasteiger partial charge in [-0.25, -0.2) is 4.39 Å². The van der Waals surface area contributed by atoms with Gasteiger partial charge in [0, 0.05) is 5.56 Å². The summed E-state index contributed by atoms with van der Waals surface area (Å²) in [5, 5.41) is 12.8. The quantitative estimate of drug-likeness (QED) is 0.769. The summed E-state index contributed by atoms with van der Waals surface area (Å²) in [5.41, 5.74) is 0.828. The van der Waals surface area contributed by atoms with Gasteiger partial charge in [0.1, 0.15) is 5.82 Å². The van der Waals surface area contributed by atoms with E-state index in [2.05, 4.69) is 30.2 Å². The third kappa shape index (κ3) is 2.58. The molecule has 0 aliphatic rings. The molecule has 0 aliphatic heterocycles. The maximum absolute atomic E-state index is 13.9. The number of benzene rings is 1. The molecule has 1 aromatic carbocycles. The molecule has 0 radical (unpaired) electrons. The number of aromatic amines is 1. The van der Waals surface area contributed by atoms with E-state index in [1.54, 1.807) is 25.1 Å². The van der Waals surface area contributed by atoms with Crippen LogP contribution in [0.3, 0.4) is 0 Å². The van der Waals surface area contributed by atoms with Gasteiger partial charge in [-0.1, -0.05) is 17.3 Å². The summed E-state index contributed by atoms with van der Waals surface area (Å²) in [7, 11) is 0. The van der Waals surface area contributed by atoms with Crippen molar-refractivity contribution in [2.45, 2.75) is 13.0 Å². The number of nitrogens with zero attached hydrogens (tertiary/aromatic N) is 3. The topological polar surface area (TPSA) is 96.7 Å². The molecule has 0 saturated carbocycles. The number of carbonyl (C=O) groups excluding carboxylic acids is 1. The van der Waals surface area contributed by atoms with E-state index in [4.69, 9.17) is 0 Å². The SMILES string of the molecule is CC(NC(=O)c1cn[nH]c1-c1ccccc1F)c1ncon1. The molecule has 8 heteroatoms. The minimum atomic E-state index is -0.449. The fourth-order valence-electron chi connectivity index (χ4n) is 2.04. The van der Waals surface area contributed by atoms with Crippen LogP contribution in [-0.2, 0) is 0 Å². The smallest absolute Gasteiger partial charge is 0.255 e. The lowest BCUT2D eigenvalue weighted by Crippen LogP contribution is -2.27. The lowest BCUT2D eigenvalue weighted by Gasteiger charge is -2.10. The van der Waals surface area contributed by atoms with Crippen LogP contribution in [0.4, 0.5) is 4.39 Å². The number of hydrogen-bond acceptors (Lipinski definition) is 5. The van der Waals surface area contributed by atoms with Crippen molar-refractivity contribution in [3.05, 3.63) is 54.1 Å². The summed E-state index contributed by atoms with van der Waals surface area (Å²) in [5.74, 6) is -0.499. The van der Waals surface area contributed by atoms with Gasteiger partial charge in [-0.15, -0.1) is 0 Å². The van der Waals surface area contributed by atoms with E-state index in [9.17, 15) is 9.18 Å². The number of H-pyrrole nitrogens is 1. The number of aromatic nitrogens is 4. The lowest BCUT2D eigenvalue weighted by molar-refractivity contribution is 0.0938. The Morgan fingerprint density at radius 3 is 2.95 bits per heavy atom. The number of rotatable bonds is 4. The first-order chi connectivity index (χ1) is 10.7. The van der Waals surface area contributed by atoms with Crippen molar-refractivity contribution in [1.29, 1.82) is 0 Å². The van der Waals surface area contributed by atoms with Crippen molar-refractivity contribution < 1.29 is 13.7 Å². The highest BCUT2D eigenvalue weighted by molar-refractivity contribution is 5.99. The van der Waals surface area contributed by atoms with Crippen molar-refractivity contribution in [1.82, 2.24) is 25.7 Å². The molecule has 112 valence electrons. The van der Waals surface area contributed by atoms with E-state index in [0.29, 0.717) is 11.5 Å². The number of amides is 1. The van der Waals surface area contributed by atoms with Gasteiger partial charge in [0.25, 0.3) is 5.91 Å². The maximum Gasteiger partial charge on any atom is 0.255 e. The fraction of sp³-hybridized carbons (Fsp3) is 0.143. The summed E-state index contributed by atoms with van der Waals surface area (Å²) < 4.78 is 18.5. The summed E-state index contributed by atoms with van der Waals surface area (Å²) in [4.78, 5) is 16.2. The molecule has 2 N–H and O–H groups in total. The predicted octanol–water partition coefficient (Wildman–Crippen LogP) is 2.09. The first-order valence-corrected chi connectivity index (χ1v) is 6.52. The molecule has 22 heavy (non-hydrogen) atoms. The Morgan fingerprint density at radius 1 is 1.41 bits per heavy atom. The molecule has 1 amide bonds. The largest absolute Gasteiger partial charge is 0.343 e. The van der Waals surface area contributed by atoms with Gasteiger partial charge in [-0.3, -0.25) is 9.89 Å². The summed E-state index contributed by atoms with van der Waals surface area (Å²) in [6.45, 7) is 1.71. The van der Waals surface area contributed by atoms with Gasteiger partial charge in [0.2, 0.25) is 6.39 Å². The number of hydrogen-bond donors (Lipinski definition) is 2. The molecule has 7 nitrogen and oxygen atoms in total. The predicted molar refractivity (Wildman–Crippen MR) is 74.2 cm³/mol. The Bertz CT molecular complexity index is 784. The first kappa shape index (κ1) is 13.9. The fourth-order valence-corrected chi connectivity index (χ4v) is 2.04. The summed E-state index contributed by atoms with van der Waals surface area (Å²) >= 11 is 0. The second-order valence-corrected chi connectivity index (χ2v) is 4.62. The molecule has 0 aliphatic carbocycles. The van der Waals surface area contributed by atoms with Crippen molar-refractivity contribution >= 4 is 5.91 Å². The monoisotopic (exact) mass is 301 g/mol. The molecular weight excluding hydrogens is 289 g/mol. The molecule has 0 fully saturated rings. The van der Waals surface area contributed by atoms with Gasteiger partial charge in [-0.05, 0) is 19.1 Å². The Kier molecular flexibility index (Phi) is 3.65. The van der Waals surface area contributed by atoms with E-state index in [1.165, 1.54) is 18.7 Å². The molecule has 0 bridgehead atoms. The van der Waals surface area contributed by atoms with Crippen molar-refractivity contribution in [2.75, 3.05) is 0 Å². The van der Waals surface area contributed by atoms with Gasteiger partial charge in [0.05, 0.1) is 23.5 Å². The van der Waals surface area contributed by atoms with Crippen molar-refractivity contribution in [2.24, 2.45) is 0 Å². The van der Waals surface area contributed by atoms with E-state index in [0.717, 1.165) is 0 Å². The Balaban J connectivity index is 1.86. The minimum absolute atomic E-state index is 0.237. The van der Waals surface area contributed by atoms with Crippen LogP contribution in [0.1, 0.15) is 29.1 Å². The lowest BCUT2D eigenvalue weighted by atomic mass is 10.1. The normalized spacial score (nSPS) is 12.1. The van der Waals surface area contributed by atoms with Crippen LogP contribution in [0.5, 0.6) is 0 Å². The van der Waals surface area contributed by atoms with Gasteiger partial charge in [-0.2, -0.15) is 10.1 Å². The second kappa shape index (κ2) is 5.76. The standard InChI is InChI=1S/C14H12FN5O2/c1-8(13-16-7-22-20-13)18-14(21)10-6-17-19-12(10)9-4-2-3-5-11(9)15/h2-8H,1H3,(H,17,19)(H,18,21). The zero-order valence-corrected chi connectivity index (χ0v) is 11.6. The van der Waals surface area contributed by atoms with E-state index in [1.807, 2.05) is 0 Å². The molecule has 1 atom stereocenters. The highest BCUT2D eigenvalue weighted by Crippen LogP contribution is 2.24. The van der Waals surface area contributed by atoms with E-state index in [-0.39, 0.29) is 11.1 Å². The van der Waals surface area contributed by atoms with Crippen LogP contribution >= 0.6 is 0 Å². The minimum Gasteiger partial charge on any atom is -0.343 e. The molecule has 0 saturated heterocycles. The van der Waals surface area contributed by atoms with Crippen LogP contribution in [0, 0.1) is 5.82 Å². The summed E-state index contributed by atoms with van der Waals surface area (Å²) in [6.07, 6.45) is 2.53. The highest BCUT2D eigenvalue weighted by Gasteiger charge is 2.20. The van der Waals surface area contributed by atoms with E-state index >= 15 is 0 Å². The number of halogens is 1. The average molecular weight is 301 g/mol. The van der Waals surface area contributed by atoms with Gasteiger partial charge < -0.3 is 9.84 Å². The van der Waals surface area contributed by atoms with Crippen LogP contribution in [0.2, 0.25) is 0 Å². The molecule has 3 rings (SSSR count). The second-order valence-electron chi connectivity index (χ2n) is 4.62. The van der Waals surface area contributed by atoms with Crippen LogP contribution in [-0.4, -0.2) is 26.2 Å². The Labute approximate surface area is 124 Å². The van der Waals surface area contributed by atoms with Crippen molar-refractivity contribution in [3.8, 4) is 11.3 Å².